The Labute approximate surface area is 167 Å². The van der Waals surface area contributed by atoms with Crippen LogP contribution in [0.25, 0.3) is 10.9 Å². The van der Waals surface area contributed by atoms with E-state index in [9.17, 15) is 9.59 Å². The summed E-state index contributed by atoms with van der Waals surface area (Å²) in [7, 11) is 0. The lowest BCUT2D eigenvalue weighted by atomic mass is 10.1. The maximum absolute atomic E-state index is 12.5. The van der Waals surface area contributed by atoms with E-state index >= 15 is 0 Å². The zero-order valence-electron chi connectivity index (χ0n) is 15.5. The summed E-state index contributed by atoms with van der Waals surface area (Å²) in [6.45, 7) is 2.34. The first kappa shape index (κ1) is 19.6. The molecule has 0 saturated heterocycles. The van der Waals surface area contributed by atoms with Crippen molar-refractivity contribution in [2.75, 3.05) is 12.3 Å². The van der Waals surface area contributed by atoms with Gasteiger partial charge in [-0.2, -0.15) is 17.0 Å². The van der Waals surface area contributed by atoms with Crippen LogP contribution in [0.15, 0.2) is 53.6 Å². The molecule has 142 valence electrons. The topological polar surface area (TPSA) is 87.8 Å². The minimum Gasteiger partial charge on any atom is -0.354 e. The quantitative estimate of drug-likeness (QED) is 0.625. The summed E-state index contributed by atoms with van der Waals surface area (Å²) < 4.78 is 1.33. The summed E-state index contributed by atoms with van der Waals surface area (Å²) in [6, 6.07) is 15.1. The molecule has 3 rings (SSSR count). The number of carbonyl (C=O) groups excluding carboxylic acids is 1. The molecule has 1 amide bonds. The van der Waals surface area contributed by atoms with Gasteiger partial charge in [-0.3, -0.25) is 14.2 Å². The highest BCUT2D eigenvalue weighted by Gasteiger charge is 2.09. The van der Waals surface area contributed by atoms with Gasteiger partial charge < -0.3 is 5.32 Å². The molecule has 0 saturated carbocycles. The number of amides is 1. The van der Waals surface area contributed by atoms with Crippen LogP contribution in [0.4, 0.5) is 0 Å². The van der Waals surface area contributed by atoms with Crippen LogP contribution in [-0.4, -0.2) is 27.8 Å². The third-order valence-electron chi connectivity index (χ3n) is 4.33. The molecule has 7 heteroatoms. The lowest BCUT2D eigenvalue weighted by molar-refractivity contribution is -0.121. The molecule has 0 unspecified atom stereocenters. The summed E-state index contributed by atoms with van der Waals surface area (Å²) in [5, 5.41) is 12.4. The number of benzene rings is 2. The number of thioether (sulfide) groups is 1. The van der Waals surface area contributed by atoms with Gasteiger partial charge in [0.2, 0.25) is 5.91 Å². The molecule has 0 aliphatic heterocycles. The van der Waals surface area contributed by atoms with E-state index in [0.717, 1.165) is 16.9 Å². The summed E-state index contributed by atoms with van der Waals surface area (Å²) in [4.78, 5) is 29.0. The van der Waals surface area contributed by atoms with Gasteiger partial charge in [-0.05, 0) is 30.2 Å². The first-order valence-corrected chi connectivity index (χ1v) is 10.0. The molecule has 1 aromatic heterocycles. The van der Waals surface area contributed by atoms with Gasteiger partial charge in [0.05, 0.1) is 28.9 Å². The van der Waals surface area contributed by atoms with Crippen molar-refractivity contribution in [3.8, 4) is 6.07 Å². The number of hydrogen-bond donors (Lipinski definition) is 1. The Kier molecular flexibility index (Phi) is 6.45. The van der Waals surface area contributed by atoms with Gasteiger partial charge in [0.15, 0.2) is 0 Å². The second-order valence-corrected chi connectivity index (χ2v) is 7.43. The number of aryl methyl sites for hydroxylation is 1. The molecule has 0 spiro atoms. The second-order valence-electron chi connectivity index (χ2n) is 6.32. The fraction of sp³-hybridized carbons (Fsp3) is 0.238. The van der Waals surface area contributed by atoms with Crippen molar-refractivity contribution in [3.63, 3.8) is 0 Å². The van der Waals surface area contributed by atoms with Gasteiger partial charge in [0, 0.05) is 18.1 Å². The first-order valence-electron chi connectivity index (χ1n) is 8.87. The Hall–Kier alpha value is -3.11. The molecule has 0 fully saturated rings. The predicted molar refractivity (Wildman–Crippen MR) is 111 cm³/mol. The van der Waals surface area contributed by atoms with E-state index in [1.807, 2.05) is 37.3 Å². The molecule has 0 atom stereocenters. The standard InChI is InChI=1S/C21H20N4O2S/c1-15-5-4-8-18-20(15)24-14-25(21(18)27)12-19(26)23-9-10-28-13-17-7-3-2-6-16(17)11-22/h2-8,14H,9-10,12-13H2,1H3,(H,23,26). The van der Waals surface area contributed by atoms with Crippen molar-refractivity contribution in [1.29, 1.82) is 5.26 Å². The average molecular weight is 392 g/mol. The third kappa shape index (κ3) is 4.59. The number of nitrogens with one attached hydrogen (secondary N) is 1. The summed E-state index contributed by atoms with van der Waals surface area (Å²) in [6.07, 6.45) is 1.42. The summed E-state index contributed by atoms with van der Waals surface area (Å²) in [5.74, 6) is 1.21. The van der Waals surface area contributed by atoms with Crippen molar-refractivity contribution in [2.24, 2.45) is 0 Å². The Morgan fingerprint density at radius 2 is 2.07 bits per heavy atom. The van der Waals surface area contributed by atoms with Gasteiger partial charge in [-0.1, -0.05) is 30.3 Å². The maximum atomic E-state index is 12.5. The molecule has 3 aromatic rings. The fourth-order valence-corrected chi connectivity index (χ4v) is 3.72. The molecule has 28 heavy (non-hydrogen) atoms. The Morgan fingerprint density at radius 3 is 2.89 bits per heavy atom. The minimum atomic E-state index is -0.228. The number of nitrogens with zero attached hydrogens (tertiary/aromatic N) is 3. The number of carbonyl (C=O) groups is 1. The van der Waals surface area contributed by atoms with E-state index in [-0.39, 0.29) is 18.0 Å². The van der Waals surface area contributed by atoms with E-state index in [4.69, 9.17) is 5.26 Å². The highest BCUT2D eigenvalue weighted by atomic mass is 32.2. The van der Waals surface area contributed by atoms with Crippen LogP contribution in [0.1, 0.15) is 16.7 Å². The van der Waals surface area contributed by atoms with Crippen molar-refractivity contribution >= 4 is 28.6 Å². The summed E-state index contributed by atoms with van der Waals surface area (Å²) in [5.41, 5.74) is 3.05. The average Bonchev–Trinajstić information content (AvgIpc) is 2.70. The minimum absolute atomic E-state index is 0.0579. The highest BCUT2D eigenvalue weighted by Crippen LogP contribution is 2.15. The van der Waals surface area contributed by atoms with Gasteiger partial charge in [0.25, 0.3) is 5.56 Å². The van der Waals surface area contributed by atoms with Crippen LogP contribution >= 0.6 is 11.8 Å². The van der Waals surface area contributed by atoms with Crippen LogP contribution < -0.4 is 10.9 Å². The lowest BCUT2D eigenvalue weighted by Gasteiger charge is -2.09. The number of rotatable bonds is 7. The normalized spacial score (nSPS) is 10.6. The third-order valence-corrected chi connectivity index (χ3v) is 5.34. The molecule has 0 aliphatic rings. The second kappa shape index (κ2) is 9.20. The van der Waals surface area contributed by atoms with E-state index in [1.165, 1.54) is 10.9 Å². The van der Waals surface area contributed by atoms with Gasteiger partial charge >= 0.3 is 0 Å². The highest BCUT2D eigenvalue weighted by molar-refractivity contribution is 7.98. The smallest absolute Gasteiger partial charge is 0.261 e. The fourth-order valence-electron chi connectivity index (χ4n) is 2.86. The summed E-state index contributed by atoms with van der Waals surface area (Å²) >= 11 is 1.64. The lowest BCUT2D eigenvalue weighted by Crippen LogP contribution is -2.33. The molecule has 6 nitrogen and oxygen atoms in total. The van der Waals surface area contributed by atoms with E-state index in [2.05, 4.69) is 16.4 Å². The zero-order valence-corrected chi connectivity index (χ0v) is 16.3. The molecule has 0 aliphatic carbocycles. The molecule has 1 N–H and O–H groups in total. The number of nitriles is 1. The molecule has 0 bridgehead atoms. The number of hydrogen-bond acceptors (Lipinski definition) is 5. The monoisotopic (exact) mass is 392 g/mol. The largest absolute Gasteiger partial charge is 0.354 e. The number of fused-ring (bicyclic) bond motifs is 1. The Morgan fingerprint density at radius 1 is 1.25 bits per heavy atom. The van der Waals surface area contributed by atoms with E-state index in [1.54, 1.807) is 23.9 Å². The van der Waals surface area contributed by atoms with Crippen LogP contribution in [0.2, 0.25) is 0 Å². The van der Waals surface area contributed by atoms with Crippen LogP contribution in [0, 0.1) is 18.3 Å². The van der Waals surface area contributed by atoms with Crippen molar-refractivity contribution in [1.82, 2.24) is 14.9 Å². The van der Waals surface area contributed by atoms with Crippen molar-refractivity contribution < 1.29 is 4.79 Å². The van der Waals surface area contributed by atoms with Crippen LogP contribution in [-0.2, 0) is 17.1 Å². The van der Waals surface area contributed by atoms with E-state index < -0.39 is 0 Å². The Balaban J connectivity index is 1.50. The number of aromatic nitrogens is 2. The SMILES string of the molecule is Cc1cccc2c(=O)n(CC(=O)NCCSCc3ccccc3C#N)cnc12. The van der Waals surface area contributed by atoms with Crippen molar-refractivity contribution in [2.45, 2.75) is 19.2 Å². The maximum Gasteiger partial charge on any atom is 0.261 e. The first-order chi connectivity index (χ1) is 13.6. The molecule has 0 radical (unpaired) electrons. The van der Waals surface area contributed by atoms with E-state index in [0.29, 0.717) is 28.8 Å². The molecule has 1 heterocycles. The predicted octanol–water partition coefficient (Wildman–Crippen LogP) is 2.63. The van der Waals surface area contributed by atoms with Gasteiger partial charge in [-0.15, -0.1) is 0 Å². The van der Waals surface area contributed by atoms with Crippen LogP contribution in [0.3, 0.4) is 0 Å². The number of para-hydroxylation sites is 1. The van der Waals surface area contributed by atoms with Gasteiger partial charge in [0.1, 0.15) is 6.54 Å². The van der Waals surface area contributed by atoms with Crippen molar-refractivity contribution in [3.05, 3.63) is 75.8 Å². The van der Waals surface area contributed by atoms with Gasteiger partial charge in [-0.25, -0.2) is 4.98 Å². The van der Waals surface area contributed by atoms with Crippen LogP contribution in [0.5, 0.6) is 0 Å². The Bertz CT molecular complexity index is 1100. The zero-order chi connectivity index (χ0) is 19.9. The molecular weight excluding hydrogens is 372 g/mol. The molecular formula is C21H20N4O2S. The molecule has 2 aromatic carbocycles.